The fourth-order valence-electron chi connectivity index (χ4n) is 1.36. The fourth-order valence-corrected chi connectivity index (χ4v) is 1.36. The van der Waals surface area contributed by atoms with Gasteiger partial charge >= 0.3 is 0 Å². The summed E-state index contributed by atoms with van der Waals surface area (Å²) in [4.78, 5) is 19.2. The largest absolute Gasteiger partial charge is 0.370 e. The maximum Gasteiger partial charge on any atom is 0.216 e. The topological polar surface area (TPSA) is 78.9 Å². The van der Waals surface area contributed by atoms with Gasteiger partial charge in [0.15, 0.2) is 0 Å². The van der Waals surface area contributed by atoms with Crippen LogP contribution in [0.5, 0.6) is 0 Å². The van der Waals surface area contributed by atoms with E-state index in [9.17, 15) is 4.79 Å². The summed E-state index contributed by atoms with van der Waals surface area (Å²) in [6.07, 6.45) is 0. The van der Waals surface area contributed by atoms with Crippen LogP contribution in [-0.4, -0.2) is 35.5 Å². The Bertz CT molecular complexity index is 380. The summed E-state index contributed by atoms with van der Waals surface area (Å²) in [5.41, 5.74) is 0. The molecule has 1 amide bonds. The predicted molar refractivity (Wildman–Crippen MR) is 68.1 cm³/mol. The number of carbonyl (C=O) groups is 1. The van der Waals surface area contributed by atoms with E-state index >= 15 is 0 Å². The van der Waals surface area contributed by atoms with Crippen LogP contribution in [0.2, 0.25) is 0 Å². The molecule has 0 bridgehead atoms. The highest BCUT2D eigenvalue weighted by atomic mass is 16.1. The smallest absolute Gasteiger partial charge is 0.216 e. The molecule has 0 saturated carbocycles. The van der Waals surface area contributed by atoms with Crippen molar-refractivity contribution in [3.8, 4) is 0 Å². The van der Waals surface area contributed by atoms with E-state index in [2.05, 4.69) is 25.9 Å². The number of nitrogens with one attached hydrogen (secondary N) is 3. The number of amides is 1. The van der Waals surface area contributed by atoms with Crippen molar-refractivity contribution in [1.82, 2.24) is 15.3 Å². The molecule has 1 heterocycles. The maximum absolute atomic E-state index is 10.7. The van der Waals surface area contributed by atoms with Gasteiger partial charge in [-0.25, -0.2) is 9.97 Å². The third-order valence-electron chi connectivity index (χ3n) is 2.00. The van der Waals surface area contributed by atoms with E-state index in [4.69, 9.17) is 0 Å². The molecule has 0 unspecified atom stereocenters. The molecular weight excluding hydrogens is 218 g/mol. The van der Waals surface area contributed by atoms with E-state index in [0.29, 0.717) is 18.9 Å². The lowest BCUT2D eigenvalue weighted by Crippen LogP contribution is -2.26. The number of aromatic nitrogens is 2. The summed E-state index contributed by atoms with van der Waals surface area (Å²) in [6, 6.07) is 1.85. The first-order chi connectivity index (χ1) is 8.11. The predicted octanol–water partition coefficient (Wildman–Crippen LogP) is 0.765. The lowest BCUT2D eigenvalue weighted by molar-refractivity contribution is -0.118. The van der Waals surface area contributed by atoms with Crippen LogP contribution in [0.3, 0.4) is 0 Å². The molecule has 6 nitrogen and oxygen atoms in total. The molecule has 1 rings (SSSR count). The van der Waals surface area contributed by atoms with Crippen molar-refractivity contribution in [1.29, 1.82) is 0 Å². The highest BCUT2D eigenvalue weighted by Gasteiger charge is 2.00. The van der Waals surface area contributed by atoms with Crippen molar-refractivity contribution in [2.45, 2.75) is 20.8 Å². The Labute approximate surface area is 101 Å². The van der Waals surface area contributed by atoms with Crippen molar-refractivity contribution >= 4 is 17.5 Å². The van der Waals surface area contributed by atoms with E-state index in [1.807, 2.05) is 19.9 Å². The SMILES string of the molecule is CCNc1cc(NCCNC(C)=O)nc(C)n1. The second kappa shape index (κ2) is 6.67. The molecule has 0 spiro atoms. The zero-order chi connectivity index (χ0) is 12.7. The van der Waals surface area contributed by atoms with E-state index in [1.165, 1.54) is 6.92 Å². The van der Waals surface area contributed by atoms with Gasteiger partial charge in [0, 0.05) is 32.6 Å². The van der Waals surface area contributed by atoms with E-state index < -0.39 is 0 Å². The van der Waals surface area contributed by atoms with Gasteiger partial charge in [-0.2, -0.15) is 0 Å². The van der Waals surface area contributed by atoms with E-state index in [0.717, 1.165) is 18.2 Å². The molecule has 6 heteroatoms. The molecule has 3 N–H and O–H groups in total. The minimum atomic E-state index is -0.0287. The number of rotatable bonds is 6. The molecule has 1 aromatic rings. The Balaban J connectivity index is 2.49. The average Bonchev–Trinajstić information content (AvgIpc) is 2.24. The normalized spacial score (nSPS) is 9.82. The molecule has 0 saturated heterocycles. The van der Waals surface area contributed by atoms with Gasteiger partial charge in [-0.3, -0.25) is 4.79 Å². The van der Waals surface area contributed by atoms with Crippen LogP contribution in [0.25, 0.3) is 0 Å². The average molecular weight is 237 g/mol. The van der Waals surface area contributed by atoms with Crippen LogP contribution in [0, 0.1) is 6.92 Å². The molecule has 0 radical (unpaired) electrons. The second-order valence-electron chi connectivity index (χ2n) is 3.63. The molecule has 0 aliphatic carbocycles. The maximum atomic E-state index is 10.7. The molecule has 0 aliphatic rings. The van der Waals surface area contributed by atoms with Crippen molar-refractivity contribution < 1.29 is 4.79 Å². The second-order valence-corrected chi connectivity index (χ2v) is 3.63. The summed E-state index contributed by atoms with van der Waals surface area (Å²) in [7, 11) is 0. The molecule has 1 aromatic heterocycles. The number of nitrogens with zero attached hydrogens (tertiary/aromatic N) is 2. The standard InChI is InChI=1S/C11H19N5O/c1-4-12-10-7-11(16-8(2)15-10)14-6-5-13-9(3)17/h7H,4-6H2,1-3H3,(H,13,17)(H2,12,14,15,16). The third kappa shape index (κ3) is 5.14. The minimum absolute atomic E-state index is 0.0287. The first kappa shape index (κ1) is 13.2. The van der Waals surface area contributed by atoms with Gasteiger partial charge < -0.3 is 16.0 Å². The molecule has 17 heavy (non-hydrogen) atoms. The summed E-state index contributed by atoms with van der Waals surface area (Å²) in [6.45, 7) is 7.40. The highest BCUT2D eigenvalue weighted by molar-refractivity contribution is 5.72. The van der Waals surface area contributed by atoms with Crippen molar-refractivity contribution in [2.24, 2.45) is 0 Å². The quantitative estimate of drug-likeness (QED) is 0.637. The Kier molecular flexibility index (Phi) is 5.19. The fraction of sp³-hybridized carbons (Fsp3) is 0.545. The first-order valence-electron chi connectivity index (χ1n) is 5.69. The van der Waals surface area contributed by atoms with Gasteiger partial charge in [0.2, 0.25) is 5.91 Å². The molecule has 0 atom stereocenters. The monoisotopic (exact) mass is 237 g/mol. The minimum Gasteiger partial charge on any atom is -0.370 e. The number of carbonyl (C=O) groups excluding carboxylic acids is 1. The molecule has 0 fully saturated rings. The zero-order valence-corrected chi connectivity index (χ0v) is 10.5. The first-order valence-corrected chi connectivity index (χ1v) is 5.69. The van der Waals surface area contributed by atoms with Crippen molar-refractivity contribution in [2.75, 3.05) is 30.3 Å². The summed E-state index contributed by atoms with van der Waals surface area (Å²) in [5.74, 6) is 2.25. The Morgan fingerprint density at radius 3 is 2.47 bits per heavy atom. The summed E-state index contributed by atoms with van der Waals surface area (Å²) < 4.78 is 0. The van der Waals surface area contributed by atoms with Gasteiger partial charge in [-0.15, -0.1) is 0 Å². The Hall–Kier alpha value is -1.85. The van der Waals surface area contributed by atoms with Crippen molar-refractivity contribution in [3.63, 3.8) is 0 Å². The van der Waals surface area contributed by atoms with Gasteiger partial charge in [0.1, 0.15) is 17.5 Å². The molecular formula is C11H19N5O. The van der Waals surface area contributed by atoms with Crippen LogP contribution < -0.4 is 16.0 Å². The van der Waals surface area contributed by atoms with Gasteiger partial charge in [-0.1, -0.05) is 0 Å². The Morgan fingerprint density at radius 2 is 1.88 bits per heavy atom. The lowest BCUT2D eigenvalue weighted by Gasteiger charge is -2.09. The van der Waals surface area contributed by atoms with Crippen molar-refractivity contribution in [3.05, 3.63) is 11.9 Å². The van der Waals surface area contributed by atoms with Gasteiger partial charge in [-0.05, 0) is 13.8 Å². The van der Waals surface area contributed by atoms with Crippen LogP contribution in [0.4, 0.5) is 11.6 Å². The Morgan fingerprint density at radius 1 is 1.24 bits per heavy atom. The molecule has 94 valence electrons. The van der Waals surface area contributed by atoms with Gasteiger partial charge in [0.25, 0.3) is 0 Å². The summed E-state index contributed by atoms with van der Waals surface area (Å²) in [5, 5.41) is 8.98. The number of aryl methyl sites for hydroxylation is 1. The number of hydrogen-bond acceptors (Lipinski definition) is 5. The van der Waals surface area contributed by atoms with Crippen LogP contribution in [0.1, 0.15) is 19.7 Å². The summed E-state index contributed by atoms with van der Waals surface area (Å²) >= 11 is 0. The number of hydrogen-bond donors (Lipinski definition) is 3. The van der Waals surface area contributed by atoms with Crippen LogP contribution in [0.15, 0.2) is 6.07 Å². The van der Waals surface area contributed by atoms with Crippen LogP contribution >= 0.6 is 0 Å². The number of anilines is 2. The lowest BCUT2D eigenvalue weighted by atomic mass is 10.4. The molecule has 0 aromatic carbocycles. The third-order valence-corrected chi connectivity index (χ3v) is 2.00. The van der Waals surface area contributed by atoms with E-state index in [1.54, 1.807) is 0 Å². The van der Waals surface area contributed by atoms with E-state index in [-0.39, 0.29) is 5.91 Å². The van der Waals surface area contributed by atoms with Crippen LogP contribution in [-0.2, 0) is 4.79 Å². The molecule has 0 aliphatic heterocycles. The van der Waals surface area contributed by atoms with Gasteiger partial charge in [0.05, 0.1) is 0 Å². The highest BCUT2D eigenvalue weighted by Crippen LogP contribution is 2.10. The zero-order valence-electron chi connectivity index (χ0n) is 10.5.